The van der Waals surface area contributed by atoms with Crippen LogP contribution in [0, 0.1) is 0 Å². The van der Waals surface area contributed by atoms with Gasteiger partial charge in [0.2, 0.25) is 11.8 Å². The van der Waals surface area contributed by atoms with Crippen molar-refractivity contribution < 1.29 is 9.21 Å². The van der Waals surface area contributed by atoms with E-state index in [2.05, 4.69) is 10.3 Å². The minimum atomic E-state index is -0.452. The molecule has 0 radical (unpaired) electrons. The Morgan fingerprint density at radius 2 is 1.87 bits per heavy atom. The molecule has 0 spiro atoms. The molecule has 0 aliphatic rings. The number of para-hydroxylation sites is 1. The van der Waals surface area contributed by atoms with Gasteiger partial charge < -0.3 is 9.73 Å². The highest BCUT2D eigenvalue weighted by Crippen LogP contribution is 2.25. The number of anilines is 1. The predicted octanol–water partition coefficient (Wildman–Crippen LogP) is 6.03. The Kier molecular flexibility index (Phi) is 6.61. The van der Waals surface area contributed by atoms with Gasteiger partial charge >= 0.3 is 5.63 Å². The third kappa shape index (κ3) is 5.28. The number of thioether (sulfide) groups is 1. The molecule has 0 aliphatic carbocycles. The molecule has 31 heavy (non-hydrogen) atoms. The summed E-state index contributed by atoms with van der Waals surface area (Å²) in [7, 11) is 0. The molecule has 0 saturated carbocycles. The molecule has 1 aromatic heterocycles. The summed E-state index contributed by atoms with van der Waals surface area (Å²) < 4.78 is 5.36. The number of nitrogens with one attached hydrogen (secondary N) is 1. The van der Waals surface area contributed by atoms with Gasteiger partial charge in [-0.15, -0.1) is 11.8 Å². The zero-order chi connectivity index (χ0) is 21.8. The Balaban J connectivity index is 1.42. The third-order valence-electron chi connectivity index (χ3n) is 4.43. The summed E-state index contributed by atoms with van der Waals surface area (Å²) in [6.45, 7) is 0. The number of fused-ring (bicyclic) bond motifs is 1. The van der Waals surface area contributed by atoms with Crippen molar-refractivity contribution in [3.63, 3.8) is 0 Å². The van der Waals surface area contributed by atoms with Crippen LogP contribution in [0.15, 0.2) is 75.9 Å². The van der Waals surface area contributed by atoms with Crippen LogP contribution in [0.1, 0.15) is 5.56 Å². The van der Waals surface area contributed by atoms with Crippen LogP contribution >= 0.6 is 35.0 Å². The van der Waals surface area contributed by atoms with Gasteiger partial charge in [-0.1, -0.05) is 47.5 Å². The number of halogens is 2. The van der Waals surface area contributed by atoms with E-state index in [-0.39, 0.29) is 17.6 Å². The molecule has 1 amide bonds. The SMILES string of the molecule is O=C(CSCc1ccc(Cl)cc1Cl)Nc1cccc(-c2nc3ccccc3c(=O)o2)c1. The Bertz CT molecular complexity index is 1320. The minimum Gasteiger partial charge on any atom is -0.403 e. The van der Waals surface area contributed by atoms with Crippen LogP contribution in [0.5, 0.6) is 0 Å². The second-order valence-corrected chi connectivity index (χ2v) is 8.51. The first-order valence-electron chi connectivity index (χ1n) is 9.31. The van der Waals surface area contributed by atoms with E-state index in [0.717, 1.165) is 5.56 Å². The van der Waals surface area contributed by atoms with E-state index in [1.54, 1.807) is 54.6 Å². The molecule has 0 aliphatic heterocycles. The summed E-state index contributed by atoms with van der Waals surface area (Å²) in [5, 5.41) is 4.43. The Morgan fingerprint density at radius 3 is 2.71 bits per heavy atom. The van der Waals surface area contributed by atoms with E-state index in [1.165, 1.54) is 11.8 Å². The van der Waals surface area contributed by atoms with Crippen molar-refractivity contribution in [3.05, 3.63) is 92.8 Å². The molecule has 8 heteroatoms. The largest absolute Gasteiger partial charge is 0.403 e. The third-order valence-corrected chi connectivity index (χ3v) is 6.00. The van der Waals surface area contributed by atoms with Gasteiger partial charge in [0.1, 0.15) is 0 Å². The normalized spacial score (nSPS) is 10.9. The lowest BCUT2D eigenvalue weighted by molar-refractivity contribution is -0.113. The van der Waals surface area contributed by atoms with Gasteiger partial charge in [-0.3, -0.25) is 4.79 Å². The average Bonchev–Trinajstić information content (AvgIpc) is 2.75. The number of amides is 1. The van der Waals surface area contributed by atoms with Crippen LogP contribution in [0.2, 0.25) is 10.0 Å². The molecule has 1 heterocycles. The number of nitrogens with zero attached hydrogens (tertiary/aromatic N) is 1. The molecule has 156 valence electrons. The van der Waals surface area contributed by atoms with Crippen LogP contribution in [-0.2, 0) is 10.5 Å². The van der Waals surface area contributed by atoms with E-state index < -0.39 is 5.63 Å². The summed E-state index contributed by atoms with van der Waals surface area (Å²) in [4.78, 5) is 29.0. The van der Waals surface area contributed by atoms with Crippen molar-refractivity contribution in [1.29, 1.82) is 0 Å². The summed E-state index contributed by atoms with van der Waals surface area (Å²) in [6.07, 6.45) is 0. The summed E-state index contributed by atoms with van der Waals surface area (Å²) in [5.74, 6) is 0.897. The first kappa shape index (κ1) is 21.4. The fraction of sp³-hybridized carbons (Fsp3) is 0.0870. The highest BCUT2D eigenvalue weighted by atomic mass is 35.5. The monoisotopic (exact) mass is 470 g/mol. The van der Waals surface area contributed by atoms with Gasteiger partial charge in [-0.25, -0.2) is 9.78 Å². The highest BCUT2D eigenvalue weighted by molar-refractivity contribution is 7.99. The van der Waals surface area contributed by atoms with Crippen molar-refractivity contribution in [2.45, 2.75) is 5.75 Å². The van der Waals surface area contributed by atoms with E-state index in [4.69, 9.17) is 27.6 Å². The van der Waals surface area contributed by atoms with Crippen molar-refractivity contribution in [2.24, 2.45) is 0 Å². The summed E-state index contributed by atoms with van der Waals surface area (Å²) >= 11 is 13.5. The second kappa shape index (κ2) is 9.56. The molecule has 0 fully saturated rings. The van der Waals surface area contributed by atoms with E-state index in [0.29, 0.717) is 38.0 Å². The van der Waals surface area contributed by atoms with Crippen molar-refractivity contribution in [1.82, 2.24) is 4.98 Å². The number of hydrogen-bond donors (Lipinski definition) is 1. The van der Waals surface area contributed by atoms with Gasteiger partial charge in [0, 0.05) is 27.0 Å². The first-order valence-corrected chi connectivity index (χ1v) is 11.2. The number of benzene rings is 3. The zero-order valence-corrected chi connectivity index (χ0v) is 18.4. The Hall–Kier alpha value is -2.80. The van der Waals surface area contributed by atoms with Crippen molar-refractivity contribution in [3.8, 4) is 11.5 Å². The first-order chi connectivity index (χ1) is 15.0. The maximum absolute atomic E-state index is 12.3. The molecular weight excluding hydrogens is 455 g/mol. The maximum Gasteiger partial charge on any atom is 0.347 e. The van der Waals surface area contributed by atoms with Gasteiger partial charge in [-0.2, -0.15) is 0 Å². The number of aromatic nitrogens is 1. The summed E-state index contributed by atoms with van der Waals surface area (Å²) in [5.41, 5.74) is 2.21. The lowest BCUT2D eigenvalue weighted by Gasteiger charge is -2.08. The Morgan fingerprint density at radius 1 is 1.03 bits per heavy atom. The van der Waals surface area contributed by atoms with Crippen LogP contribution in [0.25, 0.3) is 22.4 Å². The molecule has 4 aromatic rings. The van der Waals surface area contributed by atoms with Crippen LogP contribution in [-0.4, -0.2) is 16.6 Å². The summed E-state index contributed by atoms with van der Waals surface area (Å²) in [6, 6.07) is 19.3. The van der Waals surface area contributed by atoms with E-state index >= 15 is 0 Å². The molecular formula is C23H16Cl2N2O3S. The smallest absolute Gasteiger partial charge is 0.347 e. The zero-order valence-electron chi connectivity index (χ0n) is 16.1. The molecule has 0 bridgehead atoms. The standard InChI is InChI=1S/C23H16Cl2N2O3S/c24-16-9-8-15(19(25)11-16)12-31-13-21(28)26-17-5-3-4-14(10-17)22-27-20-7-2-1-6-18(20)23(29)30-22/h1-11H,12-13H2,(H,26,28). The maximum atomic E-state index is 12.3. The molecule has 1 N–H and O–H groups in total. The number of carbonyl (C=O) groups excluding carboxylic acids is 1. The minimum absolute atomic E-state index is 0.153. The van der Waals surface area contributed by atoms with Gasteiger partial charge in [-0.05, 0) is 48.0 Å². The quantitative estimate of drug-likeness (QED) is 0.372. The second-order valence-electron chi connectivity index (χ2n) is 6.68. The van der Waals surface area contributed by atoms with E-state index in [1.807, 2.05) is 12.1 Å². The molecule has 0 saturated heterocycles. The van der Waals surface area contributed by atoms with E-state index in [9.17, 15) is 9.59 Å². The fourth-order valence-corrected chi connectivity index (χ4v) is 4.35. The van der Waals surface area contributed by atoms with Crippen molar-refractivity contribution >= 4 is 57.5 Å². The van der Waals surface area contributed by atoms with Crippen LogP contribution in [0.4, 0.5) is 5.69 Å². The average molecular weight is 471 g/mol. The van der Waals surface area contributed by atoms with Crippen LogP contribution in [0.3, 0.4) is 0 Å². The topological polar surface area (TPSA) is 72.2 Å². The van der Waals surface area contributed by atoms with Gasteiger partial charge in [0.05, 0.1) is 16.7 Å². The Labute approximate surface area is 192 Å². The molecule has 0 unspecified atom stereocenters. The van der Waals surface area contributed by atoms with Crippen molar-refractivity contribution in [2.75, 3.05) is 11.1 Å². The van der Waals surface area contributed by atoms with Crippen LogP contribution < -0.4 is 10.9 Å². The number of carbonyl (C=O) groups is 1. The molecule has 3 aromatic carbocycles. The highest BCUT2D eigenvalue weighted by Gasteiger charge is 2.10. The fourth-order valence-electron chi connectivity index (χ4n) is 2.96. The molecule has 5 nitrogen and oxygen atoms in total. The number of hydrogen-bond acceptors (Lipinski definition) is 5. The lowest BCUT2D eigenvalue weighted by Crippen LogP contribution is -2.14. The van der Waals surface area contributed by atoms with Gasteiger partial charge in [0.25, 0.3) is 0 Å². The lowest BCUT2D eigenvalue weighted by atomic mass is 10.2. The van der Waals surface area contributed by atoms with Gasteiger partial charge in [0.15, 0.2) is 0 Å². The molecule has 4 rings (SSSR count). The number of rotatable bonds is 6. The molecule has 0 atom stereocenters. The predicted molar refractivity (Wildman–Crippen MR) is 127 cm³/mol.